The summed E-state index contributed by atoms with van der Waals surface area (Å²) in [6.07, 6.45) is 2.85. The summed E-state index contributed by atoms with van der Waals surface area (Å²) in [4.78, 5) is 25.1. The van der Waals surface area contributed by atoms with Gasteiger partial charge in [0.05, 0.1) is 6.26 Å². The highest BCUT2D eigenvalue weighted by atomic mass is 16.5. The van der Waals surface area contributed by atoms with E-state index in [0.717, 1.165) is 5.56 Å². The number of aliphatic hydroxyl groups is 1. The van der Waals surface area contributed by atoms with Gasteiger partial charge in [-0.3, -0.25) is 9.59 Å². The average molecular weight is 312 g/mol. The van der Waals surface area contributed by atoms with E-state index in [1.807, 2.05) is 13.8 Å². The number of Topliss-reactive ketones (excluding diaryl/α,β-unsaturated/α-hetero) is 2. The fourth-order valence-electron chi connectivity index (χ4n) is 3.53. The highest BCUT2D eigenvalue weighted by Gasteiger charge is 2.48. The van der Waals surface area contributed by atoms with E-state index in [1.165, 1.54) is 12.3 Å². The zero-order valence-electron chi connectivity index (χ0n) is 13.3. The third-order valence-corrected chi connectivity index (χ3v) is 4.73. The first-order chi connectivity index (χ1) is 10.6. The van der Waals surface area contributed by atoms with Gasteiger partial charge in [-0.15, -0.1) is 0 Å². The van der Waals surface area contributed by atoms with Crippen molar-refractivity contribution in [3.8, 4) is 5.75 Å². The van der Waals surface area contributed by atoms with Crippen molar-refractivity contribution >= 4 is 17.3 Å². The minimum atomic E-state index is -1.39. The van der Waals surface area contributed by atoms with Crippen LogP contribution in [0.15, 0.2) is 24.0 Å². The summed E-state index contributed by atoms with van der Waals surface area (Å²) in [5.74, 6) is -0.419. The fraction of sp³-hybridized carbons (Fsp3) is 0.333. The van der Waals surface area contributed by atoms with E-state index in [4.69, 9.17) is 9.47 Å². The third kappa shape index (κ3) is 1.60. The topological polar surface area (TPSA) is 72.8 Å². The molecule has 1 aromatic carbocycles. The molecule has 0 radical (unpaired) electrons. The van der Waals surface area contributed by atoms with Crippen LogP contribution in [0, 0.1) is 0 Å². The Morgan fingerprint density at radius 3 is 2.48 bits per heavy atom. The number of fused-ring (bicyclic) bond motifs is 2. The molecule has 4 rings (SSSR count). The summed E-state index contributed by atoms with van der Waals surface area (Å²) in [6, 6.07) is 1.79. The van der Waals surface area contributed by atoms with Crippen molar-refractivity contribution < 1.29 is 24.2 Å². The Morgan fingerprint density at radius 2 is 1.78 bits per heavy atom. The van der Waals surface area contributed by atoms with Gasteiger partial charge in [0.25, 0.3) is 0 Å². The van der Waals surface area contributed by atoms with Gasteiger partial charge in [0.1, 0.15) is 22.7 Å². The molecular formula is C18H16O5. The molecule has 0 unspecified atom stereocenters. The highest BCUT2D eigenvalue weighted by Crippen LogP contribution is 2.53. The molecule has 1 atom stereocenters. The van der Waals surface area contributed by atoms with Crippen molar-refractivity contribution in [2.45, 2.75) is 38.9 Å². The van der Waals surface area contributed by atoms with Crippen LogP contribution in [0.2, 0.25) is 0 Å². The van der Waals surface area contributed by atoms with Gasteiger partial charge in [0, 0.05) is 27.8 Å². The largest absolute Gasteiger partial charge is 0.482 e. The normalized spacial score (nSPS) is 26.7. The number of benzene rings is 1. The average Bonchev–Trinajstić information content (AvgIpc) is 2.73. The lowest BCUT2D eigenvalue weighted by Crippen LogP contribution is -2.31. The summed E-state index contributed by atoms with van der Waals surface area (Å²) < 4.78 is 11.5. The molecule has 0 saturated heterocycles. The monoisotopic (exact) mass is 312 g/mol. The van der Waals surface area contributed by atoms with E-state index >= 15 is 0 Å². The van der Waals surface area contributed by atoms with Crippen LogP contribution in [0.3, 0.4) is 0 Å². The Labute approximate surface area is 133 Å². The molecule has 0 saturated carbocycles. The first kappa shape index (κ1) is 14.2. The highest BCUT2D eigenvalue weighted by molar-refractivity contribution is 6.52. The second-order valence-corrected chi connectivity index (χ2v) is 6.84. The molecule has 5 nitrogen and oxygen atoms in total. The van der Waals surface area contributed by atoms with Crippen LogP contribution in [0.25, 0.3) is 5.76 Å². The molecule has 0 amide bonds. The van der Waals surface area contributed by atoms with Crippen molar-refractivity contribution in [2.75, 3.05) is 0 Å². The summed E-state index contributed by atoms with van der Waals surface area (Å²) in [7, 11) is 0. The number of hydrogen-bond acceptors (Lipinski definition) is 5. The molecule has 1 aromatic rings. The van der Waals surface area contributed by atoms with Crippen molar-refractivity contribution in [1.29, 1.82) is 0 Å². The summed E-state index contributed by atoms with van der Waals surface area (Å²) in [5.41, 5.74) is 0.142. The number of allylic oxidation sites excluding steroid dienone is 1. The number of ether oxygens (including phenoxy) is 2. The lowest BCUT2D eigenvalue weighted by Gasteiger charge is -2.30. The van der Waals surface area contributed by atoms with E-state index in [1.54, 1.807) is 19.9 Å². The second-order valence-electron chi connectivity index (χ2n) is 6.84. The zero-order valence-corrected chi connectivity index (χ0v) is 13.3. The zero-order chi connectivity index (χ0) is 16.7. The Hall–Kier alpha value is -2.40. The lowest BCUT2D eigenvalue weighted by molar-refractivity contribution is -0.112. The summed E-state index contributed by atoms with van der Waals surface area (Å²) in [6.45, 7) is 6.91. The van der Waals surface area contributed by atoms with Crippen molar-refractivity contribution in [3.63, 3.8) is 0 Å². The molecule has 0 bridgehead atoms. The molecule has 0 spiro atoms. The van der Waals surface area contributed by atoms with Crippen LogP contribution >= 0.6 is 0 Å². The quantitative estimate of drug-likeness (QED) is 0.745. The SMILES string of the molecule is CC1=C2OC(C)(C)c3cc4c(c(c32)C(=O)C1=O)[C@](C)(O)C=CO4. The number of carbonyl (C=O) groups is 2. The van der Waals surface area contributed by atoms with Gasteiger partial charge >= 0.3 is 0 Å². The Bertz CT molecular complexity index is 868. The van der Waals surface area contributed by atoms with Crippen LogP contribution in [0.1, 0.15) is 54.7 Å². The van der Waals surface area contributed by atoms with Crippen LogP contribution in [0.5, 0.6) is 5.75 Å². The molecule has 2 aliphatic heterocycles. The molecule has 1 N–H and O–H groups in total. The number of rotatable bonds is 0. The number of ketones is 2. The molecular weight excluding hydrogens is 296 g/mol. The Balaban J connectivity index is 2.20. The van der Waals surface area contributed by atoms with E-state index < -0.39 is 22.8 Å². The first-order valence-corrected chi connectivity index (χ1v) is 7.43. The smallest absolute Gasteiger partial charge is 0.234 e. The van der Waals surface area contributed by atoms with Gasteiger partial charge in [-0.2, -0.15) is 0 Å². The number of hydrogen-bond donors (Lipinski definition) is 1. The summed E-state index contributed by atoms with van der Waals surface area (Å²) in [5, 5.41) is 10.7. The van der Waals surface area contributed by atoms with Crippen molar-refractivity contribution in [2.24, 2.45) is 0 Å². The molecule has 0 aromatic heterocycles. The van der Waals surface area contributed by atoms with Gasteiger partial charge in [0.2, 0.25) is 11.6 Å². The fourth-order valence-corrected chi connectivity index (χ4v) is 3.53. The molecule has 0 fully saturated rings. The second kappa shape index (κ2) is 3.92. The molecule has 23 heavy (non-hydrogen) atoms. The molecule has 5 heteroatoms. The number of carbonyl (C=O) groups excluding carboxylic acids is 2. The maximum absolute atomic E-state index is 12.7. The van der Waals surface area contributed by atoms with Gasteiger partial charge in [-0.05, 0) is 39.8 Å². The van der Waals surface area contributed by atoms with E-state index in [0.29, 0.717) is 28.2 Å². The molecule has 118 valence electrons. The maximum atomic E-state index is 12.7. The van der Waals surface area contributed by atoms with Crippen LogP contribution < -0.4 is 4.74 Å². The van der Waals surface area contributed by atoms with Crippen LogP contribution in [-0.2, 0) is 20.7 Å². The first-order valence-electron chi connectivity index (χ1n) is 7.43. The Morgan fingerprint density at radius 1 is 1.09 bits per heavy atom. The minimum Gasteiger partial charge on any atom is -0.482 e. The Kier molecular flexibility index (Phi) is 2.42. The van der Waals surface area contributed by atoms with E-state index in [2.05, 4.69) is 0 Å². The predicted octanol–water partition coefficient (Wildman–Crippen LogP) is 2.56. The van der Waals surface area contributed by atoms with Crippen LogP contribution in [0.4, 0.5) is 0 Å². The molecule has 3 aliphatic rings. The van der Waals surface area contributed by atoms with Gasteiger partial charge < -0.3 is 14.6 Å². The van der Waals surface area contributed by atoms with E-state index in [9.17, 15) is 14.7 Å². The van der Waals surface area contributed by atoms with Crippen molar-refractivity contribution in [1.82, 2.24) is 0 Å². The van der Waals surface area contributed by atoms with Gasteiger partial charge in [0.15, 0.2) is 0 Å². The van der Waals surface area contributed by atoms with Gasteiger partial charge in [-0.25, -0.2) is 0 Å². The third-order valence-electron chi connectivity index (χ3n) is 4.73. The summed E-state index contributed by atoms with van der Waals surface area (Å²) >= 11 is 0. The standard InChI is InChI=1S/C18H16O5/c1-8-14(19)15(20)12-11-9(17(2,3)23-16(8)11)7-10-13(12)18(4,21)5-6-22-10/h5-7,21H,1-4H3/t18-/m1/s1. The predicted molar refractivity (Wildman–Crippen MR) is 81.8 cm³/mol. The van der Waals surface area contributed by atoms with Gasteiger partial charge in [-0.1, -0.05) is 0 Å². The van der Waals surface area contributed by atoms with Crippen molar-refractivity contribution in [3.05, 3.63) is 46.2 Å². The molecule has 1 aliphatic carbocycles. The lowest BCUT2D eigenvalue weighted by atomic mass is 9.77. The van der Waals surface area contributed by atoms with E-state index in [-0.39, 0.29) is 5.56 Å². The molecule has 2 heterocycles. The maximum Gasteiger partial charge on any atom is 0.234 e. The van der Waals surface area contributed by atoms with Crippen LogP contribution in [-0.4, -0.2) is 16.7 Å². The minimum absolute atomic E-state index is 0.197.